The molecule has 0 aromatic carbocycles. The first-order chi connectivity index (χ1) is 16.4. The fourth-order valence-corrected chi connectivity index (χ4v) is 3.09. The standard InChI is InChI=1S/C9H22N.C8HF17O3S/c1-7-10(6,8(2)3)9(4)5;9-1(10,3(13,14)5(17,18)7(21,22)23)2(11,12)4(15,16)6(19,20)8(24,25)29(26,27)28/h8-9H,7H2,1-6H3;(H,26,27,28)/q+1;. The fourth-order valence-electron chi connectivity index (χ4n) is 2.64. The van der Waals surface area contributed by atoms with Crippen molar-refractivity contribution >= 4 is 10.1 Å². The molecule has 1 N–H and O–H groups in total. The van der Waals surface area contributed by atoms with Crippen LogP contribution in [0.2, 0.25) is 0 Å². The van der Waals surface area contributed by atoms with Gasteiger partial charge < -0.3 is 4.48 Å². The molecule has 0 amide bonds. The van der Waals surface area contributed by atoms with E-state index in [2.05, 4.69) is 41.7 Å². The lowest BCUT2D eigenvalue weighted by molar-refractivity contribution is -0.947. The van der Waals surface area contributed by atoms with E-state index in [9.17, 15) is 83.1 Å². The summed E-state index contributed by atoms with van der Waals surface area (Å²) in [7, 11) is -5.56. The van der Waals surface area contributed by atoms with Crippen molar-refractivity contribution in [2.45, 2.75) is 93.7 Å². The van der Waals surface area contributed by atoms with Gasteiger partial charge in [-0.25, -0.2) is 0 Å². The second-order valence-corrected chi connectivity index (χ2v) is 10.2. The van der Waals surface area contributed by atoms with Crippen LogP contribution in [0.3, 0.4) is 0 Å². The van der Waals surface area contributed by atoms with E-state index in [1.54, 1.807) is 0 Å². The van der Waals surface area contributed by atoms with E-state index in [1.165, 1.54) is 11.0 Å². The molecular weight excluding hydrogens is 621 g/mol. The van der Waals surface area contributed by atoms with Gasteiger partial charge in [0.25, 0.3) is 0 Å². The number of hydrogen-bond donors (Lipinski definition) is 1. The quantitative estimate of drug-likeness (QED) is 0.157. The second-order valence-electron chi connectivity index (χ2n) is 8.79. The Labute approximate surface area is 210 Å². The second kappa shape index (κ2) is 10.8. The van der Waals surface area contributed by atoms with Crippen LogP contribution in [0.1, 0.15) is 34.6 Å². The van der Waals surface area contributed by atoms with E-state index in [1.807, 2.05) is 0 Å². The van der Waals surface area contributed by atoms with Gasteiger partial charge in [0.05, 0.1) is 25.7 Å². The Morgan fingerprint density at radius 2 is 0.795 bits per heavy atom. The van der Waals surface area contributed by atoms with Gasteiger partial charge >= 0.3 is 57.1 Å². The van der Waals surface area contributed by atoms with Crippen LogP contribution in [0.25, 0.3) is 0 Å². The molecule has 0 heterocycles. The molecule has 0 aliphatic rings. The molecule has 0 aromatic heterocycles. The highest BCUT2D eigenvalue weighted by Crippen LogP contribution is 2.64. The minimum atomic E-state index is -8.89. The molecule has 22 heteroatoms. The predicted molar refractivity (Wildman–Crippen MR) is 99.2 cm³/mol. The summed E-state index contributed by atoms with van der Waals surface area (Å²) in [6, 6.07) is 1.48. The van der Waals surface area contributed by atoms with Crippen molar-refractivity contribution in [1.82, 2.24) is 0 Å². The maximum atomic E-state index is 13.0. The molecular formula is C17H23F17NO3S+. The number of rotatable bonds is 10. The van der Waals surface area contributed by atoms with Crippen LogP contribution in [0.4, 0.5) is 74.6 Å². The van der Waals surface area contributed by atoms with Gasteiger partial charge in [-0.15, -0.1) is 0 Å². The first-order valence-corrected chi connectivity index (χ1v) is 11.4. The number of halogens is 17. The Bertz CT molecular complexity index is 935. The van der Waals surface area contributed by atoms with E-state index in [0.29, 0.717) is 0 Å². The predicted octanol–water partition coefficient (Wildman–Crippen LogP) is 7.11. The average Bonchev–Trinajstić information content (AvgIpc) is 2.70. The first kappa shape index (κ1) is 39.8. The Morgan fingerprint density at radius 3 is 0.949 bits per heavy atom. The largest absolute Gasteiger partial charge is 0.460 e. The summed E-state index contributed by atoms with van der Waals surface area (Å²) in [5.41, 5.74) is 0. The van der Waals surface area contributed by atoms with Crippen molar-refractivity contribution < 1.29 is 92.1 Å². The van der Waals surface area contributed by atoms with E-state index >= 15 is 0 Å². The van der Waals surface area contributed by atoms with Gasteiger partial charge in [-0.1, -0.05) is 0 Å². The van der Waals surface area contributed by atoms with Gasteiger partial charge in [-0.3, -0.25) is 4.55 Å². The Kier molecular flexibility index (Phi) is 11.1. The van der Waals surface area contributed by atoms with E-state index in [-0.39, 0.29) is 0 Å². The molecule has 0 rings (SSSR count). The topological polar surface area (TPSA) is 54.4 Å². The third-order valence-electron chi connectivity index (χ3n) is 6.06. The molecule has 0 saturated carbocycles. The van der Waals surface area contributed by atoms with Crippen molar-refractivity contribution in [2.24, 2.45) is 0 Å². The maximum absolute atomic E-state index is 13.0. The van der Waals surface area contributed by atoms with Gasteiger partial charge in [-0.2, -0.15) is 83.1 Å². The zero-order chi connectivity index (χ0) is 32.9. The van der Waals surface area contributed by atoms with Gasteiger partial charge in [0.2, 0.25) is 0 Å². The number of hydrogen-bond acceptors (Lipinski definition) is 2. The van der Waals surface area contributed by atoms with Gasteiger partial charge in [0.1, 0.15) is 0 Å². The van der Waals surface area contributed by atoms with Crippen molar-refractivity contribution in [3.63, 3.8) is 0 Å². The summed E-state index contributed by atoms with van der Waals surface area (Å²) < 4.78 is 244. The fraction of sp³-hybridized carbons (Fsp3) is 1.00. The van der Waals surface area contributed by atoms with Crippen molar-refractivity contribution in [2.75, 3.05) is 13.6 Å². The smallest absolute Gasteiger partial charge is 0.322 e. The highest BCUT2D eigenvalue weighted by molar-refractivity contribution is 7.87. The van der Waals surface area contributed by atoms with Gasteiger partial charge in [0.15, 0.2) is 0 Å². The average molecular weight is 644 g/mol. The molecule has 39 heavy (non-hydrogen) atoms. The number of quaternary nitrogens is 1. The van der Waals surface area contributed by atoms with Crippen molar-refractivity contribution in [3.8, 4) is 0 Å². The molecule has 0 bridgehead atoms. The van der Waals surface area contributed by atoms with Crippen LogP contribution in [0.5, 0.6) is 0 Å². The van der Waals surface area contributed by atoms with Gasteiger partial charge in [0, 0.05) is 0 Å². The maximum Gasteiger partial charge on any atom is 0.460 e. The summed E-state index contributed by atoms with van der Waals surface area (Å²) in [6.45, 7) is 12.7. The Morgan fingerprint density at radius 1 is 0.564 bits per heavy atom. The number of alkyl halides is 17. The molecule has 0 radical (unpaired) electrons. The van der Waals surface area contributed by atoms with Crippen molar-refractivity contribution in [3.05, 3.63) is 0 Å². The summed E-state index contributed by atoms with van der Waals surface area (Å²) in [5.74, 6) is -52.0. The minimum absolute atomic E-state index is 0.741. The van der Waals surface area contributed by atoms with Crippen LogP contribution in [0.15, 0.2) is 0 Å². The van der Waals surface area contributed by atoms with Crippen LogP contribution < -0.4 is 0 Å². The highest BCUT2D eigenvalue weighted by atomic mass is 32.2. The molecule has 0 atom stereocenters. The van der Waals surface area contributed by atoms with Gasteiger partial charge in [-0.05, 0) is 34.6 Å². The molecule has 0 unspecified atom stereocenters. The first-order valence-electron chi connectivity index (χ1n) is 9.98. The molecule has 0 aliphatic carbocycles. The molecule has 0 aromatic rings. The lowest BCUT2D eigenvalue weighted by Gasteiger charge is -2.42. The Hall–Kier alpha value is -1.32. The van der Waals surface area contributed by atoms with Crippen molar-refractivity contribution in [1.29, 1.82) is 0 Å². The summed E-state index contributed by atoms with van der Waals surface area (Å²) in [6.07, 6.45) is -7.88. The third-order valence-corrected chi connectivity index (χ3v) is 6.96. The SMILES string of the molecule is CC[N+](C)(C(C)C)C(C)C.O=S(=O)(O)C(F)(F)C(F)(F)C(F)(F)C(F)(F)C(F)(F)C(F)(F)C(F)(F)C(F)(F)F. The monoisotopic (exact) mass is 644 g/mol. The third kappa shape index (κ3) is 6.01. The molecule has 0 fully saturated rings. The Balaban J connectivity index is 0. The summed E-state index contributed by atoms with van der Waals surface area (Å²) >= 11 is 0. The normalized spacial score (nSPS) is 15.9. The van der Waals surface area contributed by atoms with Crippen LogP contribution in [-0.2, 0) is 10.1 Å². The van der Waals surface area contributed by atoms with E-state index in [0.717, 1.165) is 12.1 Å². The lowest BCUT2D eigenvalue weighted by atomic mass is 9.91. The van der Waals surface area contributed by atoms with E-state index < -0.39 is 57.1 Å². The molecule has 0 spiro atoms. The molecule has 0 aliphatic heterocycles. The zero-order valence-electron chi connectivity index (χ0n) is 20.4. The minimum Gasteiger partial charge on any atom is -0.322 e. The zero-order valence-corrected chi connectivity index (χ0v) is 21.2. The van der Waals surface area contributed by atoms with Crippen LogP contribution in [0, 0.1) is 0 Å². The summed E-state index contributed by atoms with van der Waals surface area (Å²) in [4.78, 5) is 0. The molecule has 238 valence electrons. The molecule has 4 nitrogen and oxygen atoms in total. The van der Waals surface area contributed by atoms with E-state index in [4.69, 9.17) is 4.55 Å². The van der Waals surface area contributed by atoms with Crippen LogP contribution >= 0.6 is 0 Å². The summed E-state index contributed by atoms with van der Waals surface area (Å²) in [5, 5.41) is -7.84. The molecule has 0 saturated heterocycles. The number of nitrogens with zero attached hydrogens (tertiary/aromatic N) is 1. The lowest BCUT2D eigenvalue weighted by Crippen LogP contribution is -2.74. The van der Waals surface area contributed by atoms with Crippen LogP contribution in [-0.4, -0.2) is 90.1 Å². The highest BCUT2D eigenvalue weighted by Gasteiger charge is 2.96.